The fraction of sp³-hybridized carbons (Fsp3) is 0.294. The van der Waals surface area contributed by atoms with Crippen LogP contribution in [-0.2, 0) is 13.0 Å². The molecule has 0 radical (unpaired) electrons. The summed E-state index contributed by atoms with van der Waals surface area (Å²) < 4.78 is 5.93. The van der Waals surface area contributed by atoms with Crippen LogP contribution in [0.25, 0.3) is 0 Å². The van der Waals surface area contributed by atoms with Gasteiger partial charge in [0.25, 0.3) is 0 Å². The molecule has 0 spiro atoms. The summed E-state index contributed by atoms with van der Waals surface area (Å²) in [5, 5.41) is 0.639. The molecule has 0 saturated carbocycles. The van der Waals surface area contributed by atoms with Crippen LogP contribution in [0.5, 0.6) is 5.75 Å². The van der Waals surface area contributed by atoms with Crippen molar-refractivity contribution in [2.24, 2.45) is 5.73 Å². The van der Waals surface area contributed by atoms with Crippen LogP contribution in [0.4, 0.5) is 0 Å². The number of hydrogen-bond donors (Lipinski definition) is 1. The number of ether oxygens (including phenoxy) is 1. The smallest absolute Gasteiger partial charge is 0.141 e. The third-order valence-corrected chi connectivity index (χ3v) is 3.42. The Morgan fingerprint density at radius 1 is 1.10 bits per heavy atom. The Bertz CT molecular complexity index is 575. The first-order valence-electron chi connectivity index (χ1n) is 6.77. The molecule has 0 aliphatic heterocycles. The van der Waals surface area contributed by atoms with E-state index in [0.717, 1.165) is 23.3 Å². The molecular formula is C17H20ClNO. The molecule has 0 unspecified atom stereocenters. The Morgan fingerprint density at radius 3 is 2.45 bits per heavy atom. The highest BCUT2D eigenvalue weighted by Gasteiger charge is 2.08. The van der Waals surface area contributed by atoms with E-state index in [4.69, 9.17) is 22.1 Å². The predicted octanol–water partition coefficient (Wildman–Crippen LogP) is 4.04. The van der Waals surface area contributed by atoms with Crippen molar-refractivity contribution < 1.29 is 4.74 Å². The van der Waals surface area contributed by atoms with Crippen molar-refractivity contribution in [1.29, 1.82) is 0 Å². The van der Waals surface area contributed by atoms with Crippen molar-refractivity contribution in [2.75, 3.05) is 6.54 Å². The number of aryl methyl sites for hydroxylation is 2. The van der Waals surface area contributed by atoms with E-state index in [1.807, 2.05) is 18.2 Å². The minimum Gasteiger partial charge on any atom is -0.487 e. The Kier molecular flexibility index (Phi) is 5.05. The van der Waals surface area contributed by atoms with E-state index in [9.17, 15) is 0 Å². The van der Waals surface area contributed by atoms with E-state index in [2.05, 4.69) is 32.0 Å². The normalized spacial score (nSPS) is 10.6. The maximum Gasteiger partial charge on any atom is 0.141 e. The van der Waals surface area contributed by atoms with Crippen LogP contribution >= 0.6 is 11.6 Å². The van der Waals surface area contributed by atoms with Gasteiger partial charge < -0.3 is 10.5 Å². The monoisotopic (exact) mass is 289 g/mol. The molecule has 20 heavy (non-hydrogen) atoms. The molecule has 2 N–H and O–H groups in total. The second-order valence-electron chi connectivity index (χ2n) is 5.05. The molecule has 106 valence electrons. The summed E-state index contributed by atoms with van der Waals surface area (Å²) in [4.78, 5) is 0. The summed E-state index contributed by atoms with van der Waals surface area (Å²) in [6.45, 7) is 5.28. The standard InChI is InChI=1S/C17H20ClNO/c1-12-8-13(2)10-14(9-12)11-20-17-15(6-7-19)4-3-5-16(17)18/h3-5,8-10H,6-7,11,19H2,1-2H3. The molecule has 0 aromatic heterocycles. The van der Waals surface area contributed by atoms with Crippen LogP contribution < -0.4 is 10.5 Å². The van der Waals surface area contributed by atoms with Gasteiger partial charge in [0.15, 0.2) is 0 Å². The fourth-order valence-electron chi connectivity index (χ4n) is 2.38. The number of halogens is 1. The number of para-hydroxylation sites is 1. The first-order chi connectivity index (χ1) is 9.60. The second kappa shape index (κ2) is 6.78. The molecule has 0 aliphatic rings. The molecule has 0 bridgehead atoms. The van der Waals surface area contributed by atoms with Gasteiger partial charge in [0.2, 0.25) is 0 Å². The lowest BCUT2D eigenvalue weighted by atomic mass is 10.1. The highest BCUT2D eigenvalue weighted by molar-refractivity contribution is 6.32. The quantitative estimate of drug-likeness (QED) is 0.902. The lowest BCUT2D eigenvalue weighted by molar-refractivity contribution is 0.303. The first kappa shape index (κ1) is 14.9. The molecule has 0 fully saturated rings. The minimum atomic E-state index is 0.518. The van der Waals surface area contributed by atoms with E-state index in [-0.39, 0.29) is 0 Å². The minimum absolute atomic E-state index is 0.518. The van der Waals surface area contributed by atoms with E-state index < -0.39 is 0 Å². The van der Waals surface area contributed by atoms with Crippen molar-refractivity contribution in [3.8, 4) is 5.75 Å². The Hall–Kier alpha value is -1.51. The molecule has 2 aromatic carbocycles. The van der Waals surface area contributed by atoms with Crippen molar-refractivity contribution >= 4 is 11.6 Å². The summed E-state index contributed by atoms with van der Waals surface area (Å²) in [5.74, 6) is 0.749. The fourth-order valence-corrected chi connectivity index (χ4v) is 2.62. The van der Waals surface area contributed by atoms with E-state index in [1.54, 1.807) is 0 Å². The number of rotatable bonds is 5. The van der Waals surface area contributed by atoms with Gasteiger partial charge in [0.1, 0.15) is 12.4 Å². The summed E-state index contributed by atoms with van der Waals surface area (Å²) >= 11 is 6.23. The van der Waals surface area contributed by atoms with Crippen LogP contribution in [0, 0.1) is 13.8 Å². The zero-order chi connectivity index (χ0) is 14.5. The van der Waals surface area contributed by atoms with Gasteiger partial charge in [-0.05, 0) is 44.0 Å². The summed E-state index contributed by atoms with van der Waals surface area (Å²) in [5.41, 5.74) is 10.3. The topological polar surface area (TPSA) is 35.2 Å². The van der Waals surface area contributed by atoms with Gasteiger partial charge in [0, 0.05) is 0 Å². The molecule has 0 saturated heterocycles. The van der Waals surface area contributed by atoms with Crippen LogP contribution in [0.2, 0.25) is 5.02 Å². The average molecular weight is 290 g/mol. The van der Waals surface area contributed by atoms with Gasteiger partial charge in [-0.2, -0.15) is 0 Å². The van der Waals surface area contributed by atoms with Crippen LogP contribution in [0.1, 0.15) is 22.3 Å². The van der Waals surface area contributed by atoms with E-state index >= 15 is 0 Å². The van der Waals surface area contributed by atoms with E-state index in [0.29, 0.717) is 18.2 Å². The summed E-state index contributed by atoms with van der Waals surface area (Å²) in [6.07, 6.45) is 0.767. The maximum atomic E-state index is 6.23. The van der Waals surface area contributed by atoms with Crippen LogP contribution in [0.3, 0.4) is 0 Å². The van der Waals surface area contributed by atoms with Crippen LogP contribution in [-0.4, -0.2) is 6.54 Å². The molecule has 0 atom stereocenters. The Morgan fingerprint density at radius 2 is 1.80 bits per heavy atom. The zero-order valence-electron chi connectivity index (χ0n) is 11.9. The van der Waals surface area contributed by atoms with E-state index in [1.165, 1.54) is 11.1 Å². The van der Waals surface area contributed by atoms with Gasteiger partial charge >= 0.3 is 0 Å². The molecule has 0 heterocycles. The van der Waals surface area contributed by atoms with Gasteiger partial charge in [-0.15, -0.1) is 0 Å². The predicted molar refractivity (Wildman–Crippen MR) is 84.5 cm³/mol. The van der Waals surface area contributed by atoms with Gasteiger partial charge in [-0.1, -0.05) is 53.1 Å². The summed E-state index contributed by atoms with van der Waals surface area (Å²) in [7, 11) is 0. The largest absolute Gasteiger partial charge is 0.487 e. The SMILES string of the molecule is Cc1cc(C)cc(COc2c(Cl)cccc2CCN)c1. The van der Waals surface area contributed by atoms with Crippen molar-refractivity contribution in [3.63, 3.8) is 0 Å². The van der Waals surface area contributed by atoms with Gasteiger partial charge in [-0.25, -0.2) is 0 Å². The lowest BCUT2D eigenvalue weighted by Gasteiger charge is -2.13. The molecule has 2 rings (SSSR count). The first-order valence-corrected chi connectivity index (χ1v) is 7.15. The molecule has 2 nitrogen and oxygen atoms in total. The van der Waals surface area contributed by atoms with Crippen LogP contribution in [0.15, 0.2) is 36.4 Å². The van der Waals surface area contributed by atoms with Crippen molar-refractivity contribution in [3.05, 3.63) is 63.7 Å². The third kappa shape index (κ3) is 3.75. The van der Waals surface area contributed by atoms with Crippen molar-refractivity contribution in [1.82, 2.24) is 0 Å². The number of hydrogen-bond acceptors (Lipinski definition) is 2. The Labute approximate surface area is 125 Å². The maximum absolute atomic E-state index is 6.23. The molecule has 0 amide bonds. The van der Waals surface area contributed by atoms with Crippen molar-refractivity contribution in [2.45, 2.75) is 26.9 Å². The summed E-state index contributed by atoms with van der Waals surface area (Å²) in [6, 6.07) is 12.2. The highest BCUT2D eigenvalue weighted by Crippen LogP contribution is 2.29. The number of benzene rings is 2. The number of nitrogens with two attached hydrogens (primary N) is 1. The molecule has 0 aliphatic carbocycles. The average Bonchev–Trinajstić information content (AvgIpc) is 2.37. The molecule has 2 aromatic rings. The second-order valence-corrected chi connectivity index (χ2v) is 5.46. The highest BCUT2D eigenvalue weighted by atomic mass is 35.5. The molecule has 3 heteroatoms. The lowest BCUT2D eigenvalue weighted by Crippen LogP contribution is -2.06. The Balaban J connectivity index is 2.18. The van der Waals surface area contributed by atoms with Gasteiger partial charge in [0.05, 0.1) is 5.02 Å². The molecular weight excluding hydrogens is 270 g/mol. The van der Waals surface area contributed by atoms with Gasteiger partial charge in [-0.3, -0.25) is 0 Å². The zero-order valence-corrected chi connectivity index (χ0v) is 12.7. The third-order valence-electron chi connectivity index (χ3n) is 3.13.